The van der Waals surface area contributed by atoms with E-state index in [-0.39, 0.29) is 5.95 Å². The number of nitrogens with one attached hydrogen (secondary N) is 1. The van der Waals surface area contributed by atoms with Crippen molar-refractivity contribution in [2.24, 2.45) is 0 Å². The van der Waals surface area contributed by atoms with Gasteiger partial charge in [-0.1, -0.05) is 23.2 Å². The zero-order chi connectivity index (χ0) is 14.6. The summed E-state index contributed by atoms with van der Waals surface area (Å²) in [7, 11) is 0. The molecule has 1 N–H and O–H groups in total. The van der Waals surface area contributed by atoms with E-state index in [0.29, 0.717) is 28.7 Å². The Morgan fingerprint density at radius 2 is 2.05 bits per heavy atom. The Kier molecular flexibility index (Phi) is 3.25. The highest BCUT2D eigenvalue weighted by Gasteiger charge is 2.36. The molecule has 0 spiro atoms. The van der Waals surface area contributed by atoms with Gasteiger partial charge in [-0.05, 0) is 54.7 Å². The van der Waals surface area contributed by atoms with Crippen LogP contribution in [-0.4, -0.2) is 18.6 Å². The fourth-order valence-electron chi connectivity index (χ4n) is 3.57. The summed E-state index contributed by atoms with van der Waals surface area (Å²) in [5.41, 5.74) is 3.23. The maximum atomic E-state index is 14.5. The minimum Gasteiger partial charge on any atom is -0.314 e. The molecule has 110 valence electrons. The first kappa shape index (κ1) is 13.6. The van der Waals surface area contributed by atoms with Gasteiger partial charge >= 0.3 is 0 Å². The van der Waals surface area contributed by atoms with Crippen LogP contribution in [0.25, 0.3) is 0 Å². The molecule has 2 nitrogen and oxygen atoms in total. The van der Waals surface area contributed by atoms with Gasteiger partial charge in [-0.15, -0.1) is 0 Å². The van der Waals surface area contributed by atoms with Crippen molar-refractivity contribution in [3.63, 3.8) is 0 Å². The van der Waals surface area contributed by atoms with E-state index in [1.54, 1.807) is 29.2 Å². The number of nitrogens with zero attached hydrogens (tertiary/aromatic N) is 1. The van der Waals surface area contributed by atoms with Crippen molar-refractivity contribution in [1.29, 1.82) is 0 Å². The fourth-order valence-corrected chi connectivity index (χ4v) is 3.87. The lowest BCUT2D eigenvalue weighted by molar-refractivity contribution is 0.508. The molecule has 0 radical (unpaired) electrons. The van der Waals surface area contributed by atoms with Gasteiger partial charge in [0.05, 0.1) is 10.0 Å². The lowest BCUT2D eigenvalue weighted by Crippen LogP contribution is -2.41. The van der Waals surface area contributed by atoms with E-state index in [9.17, 15) is 4.39 Å². The van der Waals surface area contributed by atoms with Gasteiger partial charge < -0.3 is 10.2 Å². The Balaban J connectivity index is 1.69. The van der Waals surface area contributed by atoms with Gasteiger partial charge in [-0.25, -0.2) is 0 Å². The van der Waals surface area contributed by atoms with Crippen LogP contribution >= 0.6 is 23.2 Å². The second kappa shape index (κ2) is 5.01. The third-order valence-corrected chi connectivity index (χ3v) is 5.37. The molecule has 0 aliphatic carbocycles. The van der Waals surface area contributed by atoms with Gasteiger partial charge in [0.2, 0.25) is 0 Å². The minimum atomic E-state index is -0.214. The zero-order valence-electron chi connectivity index (χ0n) is 11.4. The second-order valence-corrected chi connectivity index (χ2v) is 6.71. The summed E-state index contributed by atoms with van der Waals surface area (Å²) in [5, 5.41) is 4.55. The van der Waals surface area contributed by atoms with Gasteiger partial charge in [-0.2, -0.15) is 4.39 Å². The maximum absolute atomic E-state index is 14.5. The molecule has 3 aliphatic heterocycles. The highest BCUT2D eigenvalue weighted by molar-refractivity contribution is 6.42. The van der Waals surface area contributed by atoms with Crippen molar-refractivity contribution in [3.8, 4) is 0 Å². The molecule has 2 unspecified atom stereocenters. The average molecular weight is 325 g/mol. The monoisotopic (exact) mass is 324 g/mol. The zero-order valence-corrected chi connectivity index (χ0v) is 12.9. The molecule has 0 amide bonds. The second-order valence-electron chi connectivity index (χ2n) is 5.90. The summed E-state index contributed by atoms with van der Waals surface area (Å²) in [5.74, 6) is -0.214. The van der Waals surface area contributed by atoms with E-state index in [1.807, 2.05) is 0 Å². The molecule has 1 aromatic carbocycles. The van der Waals surface area contributed by atoms with Gasteiger partial charge in [-0.3, -0.25) is 0 Å². The summed E-state index contributed by atoms with van der Waals surface area (Å²) in [6.07, 6.45) is 4.95. The lowest BCUT2D eigenvalue weighted by Gasteiger charge is -2.35. The smallest absolute Gasteiger partial charge is 0.194 e. The molecular weight excluding hydrogens is 310 g/mol. The molecule has 4 rings (SSSR count). The highest BCUT2D eigenvalue weighted by atomic mass is 35.5. The first-order valence-electron chi connectivity index (χ1n) is 7.19. The van der Waals surface area contributed by atoms with Crippen LogP contribution in [0.2, 0.25) is 10.0 Å². The quantitative estimate of drug-likeness (QED) is 0.768. The Hall–Kier alpha value is -1.03. The number of hydrogen-bond acceptors (Lipinski definition) is 2. The van der Waals surface area contributed by atoms with Crippen LogP contribution in [-0.2, 0) is 0 Å². The Morgan fingerprint density at radius 1 is 1.19 bits per heavy atom. The summed E-state index contributed by atoms with van der Waals surface area (Å²) in [6.45, 7) is 0.583. The van der Waals surface area contributed by atoms with Crippen molar-refractivity contribution in [2.45, 2.75) is 31.3 Å². The lowest BCUT2D eigenvalue weighted by atomic mass is 9.92. The van der Waals surface area contributed by atoms with Crippen molar-refractivity contribution < 1.29 is 4.39 Å². The van der Waals surface area contributed by atoms with Crippen molar-refractivity contribution >= 4 is 28.9 Å². The third kappa shape index (κ3) is 2.28. The Bertz CT molecular complexity index is 668. The van der Waals surface area contributed by atoms with Gasteiger partial charge in [0.15, 0.2) is 5.95 Å². The number of fused-ring (bicyclic) bond motifs is 3. The molecule has 21 heavy (non-hydrogen) atoms. The molecule has 0 saturated carbocycles. The van der Waals surface area contributed by atoms with Crippen LogP contribution in [0.1, 0.15) is 19.3 Å². The molecule has 1 fully saturated rings. The molecule has 1 saturated heterocycles. The summed E-state index contributed by atoms with van der Waals surface area (Å²) in [4.78, 5) is 1.67. The number of benzene rings is 1. The van der Waals surface area contributed by atoms with Crippen LogP contribution in [0.4, 0.5) is 10.1 Å². The number of anilines is 1. The molecule has 3 heterocycles. The largest absolute Gasteiger partial charge is 0.314 e. The summed E-state index contributed by atoms with van der Waals surface area (Å²) in [6, 6.07) is 6.15. The van der Waals surface area contributed by atoms with Crippen LogP contribution in [0, 0.1) is 0 Å². The number of halogens is 3. The van der Waals surface area contributed by atoms with E-state index < -0.39 is 0 Å². The predicted molar refractivity (Wildman–Crippen MR) is 84.6 cm³/mol. The third-order valence-electron chi connectivity index (χ3n) is 4.63. The van der Waals surface area contributed by atoms with E-state index in [1.165, 1.54) is 17.6 Å². The first-order chi connectivity index (χ1) is 10.1. The number of hydrogen-bond donors (Lipinski definition) is 1. The molecule has 2 bridgehead atoms. The van der Waals surface area contributed by atoms with Crippen LogP contribution < -0.4 is 10.2 Å². The Morgan fingerprint density at radius 3 is 2.86 bits per heavy atom. The topological polar surface area (TPSA) is 15.3 Å². The van der Waals surface area contributed by atoms with Crippen molar-refractivity contribution in [3.05, 3.63) is 51.4 Å². The van der Waals surface area contributed by atoms with Crippen LogP contribution in [0.15, 0.2) is 41.4 Å². The highest BCUT2D eigenvalue weighted by Crippen LogP contribution is 2.39. The standard InChI is InChI=1S/C16H15Cl2FN2/c17-13-3-2-11(7-14(13)18)21-8-12-9(6-16(21)19)5-10-1-4-15(12)20-10/h2-3,6-7,10,15,20H,1,4-5,8H2. The van der Waals surface area contributed by atoms with Crippen LogP contribution in [0.3, 0.4) is 0 Å². The molecule has 5 heteroatoms. The van der Waals surface area contributed by atoms with E-state index in [0.717, 1.165) is 18.5 Å². The normalized spacial score (nSPS) is 27.8. The molecular formula is C16H15Cl2FN2. The minimum absolute atomic E-state index is 0.214. The van der Waals surface area contributed by atoms with Gasteiger partial charge in [0.25, 0.3) is 0 Å². The average Bonchev–Trinajstić information content (AvgIpc) is 2.84. The van der Waals surface area contributed by atoms with Gasteiger partial charge in [0.1, 0.15) is 0 Å². The summed E-state index contributed by atoms with van der Waals surface area (Å²) < 4.78 is 14.5. The Labute approximate surface area is 133 Å². The SMILES string of the molecule is FC1=CC2=C(CN1c1ccc(Cl)c(Cl)c1)C1CCC(C2)N1. The molecule has 2 atom stereocenters. The van der Waals surface area contributed by atoms with E-state index in [4.69, 9.17) is 23.2 Å². The van der Waals surface area contributed by atoms with Gasteiger partial charge in [0, 0.05) is 24.3 Å². The number of rotatable bonds is 1. The van der Waals surface area contributed by atoms with E-state index in [2.05, 4.69) is 5.32 Å². The van der Waals surface area contributed by atoms with Crippen LogP contribution in [0.5, 0.6) is 0 Å². The molecule has 1 aromatic rings. The van der Waals surface area contributed by atoms with Crippen molar-refractivity contribution in [2.75, 3.05) is 11.4 Å². The fraction of sp³-hybridized carbons (Fsp3) is 0.375. The predicted octanol–water partition coefficient (Wildman–Crippen LogP) is 4.45. The summed E-state index contributed by atoms with van der Waals surface area (Å²) >= 11 is 12.0. The number of allylic oxidation sites excluding steroid dienone is 1. The van der Waals surface area contributed by atoms with E-state index >= 15 is 0 Å². The van der Waals surface area contributed by atoms with Crippen molar-refractivity contribution in [1.82, 2.24) is 5.32 Å². The first-order valence-corrected chi connectivity index (χ1v) is 7.95. The molecule has 0 aromatic heterocycles. The molecule has 3 aliphatic rings. The maximum Gasteiger partial charge on any atom is 0.194 e.